The van der Waals surface area contributed by atoms with Gasteiger partial charge in [-0.1, -0.05) is 19.4 Å². The Labute approximate surface area is 189 Å². The smallest absolute Gasteiger partial charge is 0.336 e. The van der Waals surface area contributed by atoms with Crippen LogP contribution in [0.1, 0.15) is 53.4 Å². The molecule has 0 aliphatic carbocycles. The van der Waals surface area contributed by atoms with Crippen molar-refractivity contribution < 1.29 is 23.4 Å². The highest BCUT2D eigenvalue weighted by Crippen LogP contribution is 2.59. The summed E-state index contributed by atoms with van der Waals surface area (Å²) < 4.78 is 28.8. The number of fused-ring (bicyclic) bond motifs is 3. The van der Waals surface area contributed by atoms with Crippen LogP contribution in [0.15, 0.2) is 39.1 Å². The van der Waals surface area contributed by atoms with E-state index in [9.17, 15) is 4.79 Å². The molecule has 1 aromatic heterocycles. The van der Waals surface area contributed by atoms with Crippen LogP contribution in [-0.2, 0) is 4.74 Å². The zero-order valence-electron chi connectivity index (χ0n) is 19.9. The molecule has 2 aliphatic heterocycles. The van der Waals surface area contributed by atoms with Crippen LogP contribution in [0.5, 0.6) is 17.2 Å². The molecule has 2 aromatic rings. The van der Waals surface area contributed by atoms with Gasteiger partial charge in [-0.15, -0.1) is 0 Å². The Morgan fingerprint density at radius 2 is 1.97 bits per heavy atom. The van der Waals surface area contributed by atoms with Crippen LogP contribution in [0.2, 0.25) is 0 Å². The summed E-state index contributed by atoms with van der Waals surface area (Å²) in [6.07, 6.45) is 6.93. The molecule has 3 atom stereocenters. The van der Waals surface area contributed by atoms with Crippen LogP contribution in [0.4, 0.5) is 0 Å². The summed E-state index contributed by atoms with van der Waals surface area (Å²) >= 11 is 0. The van der Waals surface area contributed by atoms with Crippen molar-refractivity contribution >= 4 is 11.0 Å². The zero-order valence-corrected chi connectivity index (χ0v) is 19.9. The number of benzene rings is 1. The van der Waals surface area contributed by atoms with E-state index >= 15 is 0 Å². The maximum atomic E-state index is 11.7. The van der Waals surface area contributed by atoms with E-state index in [-0.39, 0.29) is 11.0 Å². The van der Waals surface area contributed by atoms with Crippen molar-refractivity contribution in [2.45, 2.75) is 65.1 Å². The van der Waals surface area contributed by atoms with E-state index in [1.807, 2.05) is 0 Å². The monoisotopic (exact) mass is 442 g/mol. The fourth-order valence-corrected chi connectivity index (χ4v) is 5.68. The molecule has 0 saturated carbocycles. The zero-order chi connectivity index (χ0) is 23.1. The lowest BCUT2D eigenvalue weighted by atomic mass is 9.62. The van der Waals surface area contributed by atoms with E-state index in [1.54, 1.807) is 19.2 Å². The van der Waals surface area contributed by atoms with Gasteiger partial charge in [-0.05, 0) is 69.1 Å². The van der Waals surface area contributed by atoms with Gasteiger partial charge in [-0.3, -0.25) is 0 Å². The van der Waals surface area contributed by atoms with Crippen molar-refractivity contribution in [1.29, 1.82) is 0 Å². The minimum atomic E-state index is -0.441. The standard InChI is InChI=1S/C26H34O6/c1-16(7-9-19-25(2,3)20-11-13-26(19,4)32-20)12-14-30-23-18(28-5)15-17-8-10-21(27)31-22(17)24(23)29-6/h8,10,12,15,19-20H,7,9,11,13-14H2,1-6H3/t19-,20-,26+/m1/s1. The number of allylic oxidation sites excluding steroid dienone is 1. The predicted octanol–water partition coefficient (Wildman–Crippen LogP) is 5.51. The van der Waals surface area contributed by atoms with Crippen molar-refractivity contribution in [2.24, 2.45) is 11.3 Å². The molecule has 2 bridgehead atoms. The molecule has 0 amide bonds. The molecule has 2 saturated heterocycles. The SMILES string of the molecule is COc1cc2ccc(=O)oc2c(OC)c1OCC=C(C)CC[C@@H]1C(C)(C)[C@H]2CC[C@]1(C)O2. The maximum Gasteiger partial charge on any atom is 0.336 e. The normalized spacial score (nSPS) is 26.5. The molecule has 6 heteroatoms. The predicted molar refractivity (Wildman–Crippen MR) is 124 cm³/mol. The van der Waals surface area contributed by atoms with Gasteiger partial charge in [0.05, 0.1) is 25.9 Å². The van der Waals surface area contributed by atoms with Gasteiger partial charge < -0.3 is 23.4 Å². The molecule has 0 unspecified atom stereocenters. The largest absolute Gasteiger partial charge is 0.493 e. The number of methoxy groups -OCH3 is 2. The van der Waals surface area contributed by atoms with Crippen LogP contribution < -0.4 is 19.8 Å². The second-order valence-electron chi connectivity index (χ2n) is 9.85. The number of ether oxygens (including phenoxy) is 4. The highest BCUT2D eigenvalue weighted by atomic mass is 16.5. The third-order valence-electron chi connectivity index (χ3n) is 7.48. The van der Waals surface area contributed by atoms with Crippen LogP contribution in [0.25, 0.3) is 11.0 Å². The molecule has 6 nitrogen and oxygen atoms in total. The molecule has 32 heavy (non-hydrogen) atoms. The first-order valence-electron chi connectivity index (χ1n) is 11.3. The fourth-order valence-electron chi connectivity index (χ4n) is 5.68. The Morgan fingerprint density at radius 1 is 1.19 bits per heavy atom. The van der Waals surface area contributed by atoms with E-state index < -0.39 is 5.63 Å². The minimum Gasteiger partial charge on any atom is -0.493 e. The lowest BCUT2D eigenvalue weighted by Crippen LogP contribution is -2.40. The van der Waals surface area contributed by atoms with Crippen LogP contribution >= 0.6 is 0 Å². The number of hydrogen-bond acceptors (Lipinski definition) is 6. The fraction of sp³-hybridized carbons (Fsp3) is 0.577. The topological polar surface area (TPSA) is 67.1 Å². The Kier molecular flexibility index (Phi) is 6.01. The maximum absolute atomic E-state index is 11.7. The van der Waals surface area contributed by atoms with E-state index in [1.165, 1.54) is 25.2 Å². The molecule has 3 heterocycles. The third-order valence-corrected chi connectivity index (χ3v) is 7.48. The quantitative estimate of drug-likeness (QED) is 0.397. The minimum absolute atomic E-state index is 0.0146. The molecular formula is C26H34O6. The molecular weight excluding hydrogens is 408 g/mol. The van der Waals surface area contributed by atoms with E-state index in [2.05, 4.69) is 33.8 Å². The summed E-state index contributed by atoms with van der Waals surface area (Å²) in [5, 5.41) is 0.710. The van der Waals surface area contributed by atoms with Crippen molar-refractivity contribution in [3.05, 3.63) is 40.3 Å². The average molecular weight is 443 g/mol. The van der Waals surface area contributed by atoms with Crippen molar-refractivity contribution in [1.82, 2.24) is 0 Å². The Balaban J connectivity index is 1.46. The number of hydrogen-bond donors (Lipinski definition) is 0. The van der Waals surface area contributed by atoms with E-state index in [0.717, 1.165) is 19.3 Å². The first-order valence-corrected chi connectivity index (χ1v) is 11.3. The highest BCUT2D eigenvalue weighted by Gasteiger charge is 2.60. The third kappa shape index (κ3) is 3.90. The Hall–Kier alpha value is -2.47. The van der Waals surface area contributed by atoms with Crippen molar-refractivity contribution in [3.63, 3.8) is 0 Å². The van der Waals surface area contributed by atoms with E-state index in [0.29, 0.717) is 46.8 Å². The van der Waals surface area contributed by atoms with Crippen LogP contribution in [0.3, 0.4) is 0 Å². The molecule has 2 aliphatic rings. The Morgan fingerprint density at radius 3 is 2.62 bits per heavy atom. The van der Waals surface area contributed by atoms with Crippen LogP contribution in [0, 0.1) is 11.3 Å². The molecule has 2 fully saturated rings. The Bertz CT molecular complexity index is 1080. The average Bonchev–Trinajstić information content (AvgIpc) is 3.23. The summed E-state index contributed by atoms with van der Waals surface area (Å²) in [5.41, 5.74) is 1.42. The van der Waals surface area contributed by atoms with Gasteiger partial charge >= 0.3 is 5.63 Å². The van der Waals surface area contributed by atoms with Gasteiger partial charge in [0, 0.05) is 11.5 Å². The summed E-state index contributed by atoms with van der Waals surface area (Å²) in [6, 6.07) is 4.84. The number of rotatable bonds is 8. The van der Waals surface area contributed by atoms with Crippen molar-refractivity contribution in [2.75, 3.05) is 20.8 Å². The molecule has 1 aromatic carbocycles. The van der Waals surface area contributed by atoms with Gasteiger partial charge in [-0.25, -0.2) is 4.79 Å². The first kappa shape index (κ1) is 22.7. The molecule has 0 radical (unpaired) electrons. The lowest BCUT2D eigenvalue weighted by Gasteiger charge is -2.39. The second-order valence-corrected chi connectivity index (χ2v) is 9.85. The molecule has 4 rings (SSSR count). The molecule has 174 valence electrons. The van der Waals surface area contributed by atoms with Gasteiger partial charge in [0.25, 0.3) is 0 Å². The van der Waals surface area contributed by atoms with Crippen molar-refractivity contribution in [3.8, 4) is 17.2 Å². The van der Waals surface area contributed by atoms with Gasteiger partial charge in [0.15, 0.2) is 11.3 Å². The molecule has 0 N–H and O–H groups in total. The first-order chi connectivity index (χ1) is 15.2. The second kappa shape index (κ2) is 8.47. The van der Waals surface area contributed by atoms with Gasteiger partial charge in [0.1, 0.15) is 6.61 Å². The summed E-state index contributed by atoms with van der Waals surface area (Å²) in [6.45, 7) is 9.49. The summed E-state index contributed by atoms with van der Waals surface area (Å²) in [5.74, 6) is 1.87. The van der Waals surface area contributed by atoms with Gasteiger partial charge in [-0.2, -0.15) is 0 Å². The van der Waals surface area contributed by atoms with E-state index in [4.69, 9.17) is 23.4 Å². The lowest BCUT2D eigenvalue weighted by molar-refractivity contribution is 0.00469. The van der Waals surface area contributed by atoms with Gasteiger partial charge in [0.2, 0.25) is 11.5 Å². The van der Waals surface area contributed by atoms with Crippen LogP contribution in [-0.4, -0.2) is 32.5 Å². The summed E-state index contributed by atoms with van der Waals surface area (Å²) in [7, 11) is 3.10. The summed E-state index contributed by atoms with van der Waals surface area (Å²) in [4.78, 5) is 11.7. The highest BCUT2D eigenvalue weighted by molar-refractivity contribution is 5.88. The molecule has 0 spiro atoms.